The van der Waals surface area contributed by atoms with Gasteiger partial charge in [-0.05, 0) is 38.0 Å². The van der Waals surface area contributed by atoms with E-state index >= 15 is 0 Å². The molecular formula is C18H24N2O3S. The van der Waals surface area contributed by atoms with Crippen molar-refractivity contribution < 1.29 is 13.2 Å². The van der Waals surface area contributed by atoms with E-state index in [1.54, 1.807) is 12.1 Å². The molecular weight excluding hydrogens is 324 g/mol. The van der Waals surface area contributed by atoms with Gasteiger partial charge in [0.05, 0.1) is 11.3 Å². The van der Waals surface area contributed by atoms with Gasteiger partial charge < -0.3 is 9.88 Å². The number of aryl methyl sites for hydroxylation is 1. The SMILES string of the molecule is CCn1c(C)cc(C(=O)NCc2ccc(CS(C)(=O)=O)cc2)c1C. The molecule has 1 N–H and O–H groups in total. The highest BCUT2D eigenvalue weighted by Gasteiger charge is 2.14. The van der Waals surface area contributed by atoms with Gasteiger partial charge in [-0.2, -0.15) is 0 Å². The monoisotopic (exact) mass is 348 g/mol. The minimum Gasteiger partial charge on any atom is -0.349 e. The molecule has 0 aliphatic carbocycles. The van der Waals surface area contributed by atoms with Crippen molar-refractivity contribution in [3.63, 3.8) is 0 Å². The molecule has 130 valence electrons. The van der Waals surface area contributed by atoms with Gasteiger partial charge in [-0.25, -0.2) is 8.42 Å². The normalized spacial score (nSPS) is 11.5. The maximum atomic E-state index is 12.4. The Balaban J connectivity index is 2.02. The van der Waals surface area contributed by atoms with E-state index in [0.717, 1.165) is 29.1 Å². The summed E-state index contributed by atoms with van der Waals surface area (Å²) in [5, 5.41) is 2.92. The lowest BCUT2D eigenvalue weighted by molar-refractivity contribution is 0.0950. The molecule has 0 saturated heterocycles. The van der Waals surface area contributed by atoms with Crippen molar-refractivity contribution in [1.29, 1.82) is 0 Å². The third-order valence-electron chi connectivity index (χ3n) is 4.04. The van der Waals surface area contributed by atoms with E-state index in [0.29, 0.717) is 12.1 Å². The van der Waals surface area contributed by atoms with Gasteiger partial charge in [-0.3, -0.25) is 4.79 Å². The zero-order valence-corrected chi connectivity index (χ0v) is 15.4. The molecule has 2 aromatic rings. The summed E-state index contributed by atoms with van der Waals surface area (Å²) in [5.74, 6) is -0.0640. The van der Waals surface area contributed by atoms with Crippen LogP contribution in [0.1, 0.15) is 39.8 Å². The minimum absolute atomic E-state index is 0.0304. The zero-order valence-electron chi connectivity index (χ0n) is 14.6. The first-order chi connectivity index (χ1) is 11.2. The average Bonchev–Trinajstić information content (AvgIpc) is 2.79. The van der Waals surface area contributed by atoms with Crippen LogP contribution in [0.25, 0.3) is 0 Å². The fourth-order valence-electron chi connectivity index (χ4n) is 2.85. The number of aromatic nitrogens is 1. The second-order valence-corrected chi connectivity index (χ2v) is 8.24. The molecule has 0 fully saturated rings. The number of nitrogens with zero attached hydrogens (tertiary/aromatic N) is 1. The van der Waals surface area contributed by atoms with Crippen LogP contribution in [0, 0.1) is 13.8 Å². The summed E-state index contributed by atoms with van der Waals surface area (Å²) in [6, 6.07) is 9.16. The molecule has 0 aliphatic rings. The Kier molecular flexibility index (Phi) is 5.49. The van der Waals surface area contributed by atoms with Crippen molar-refractivity contribution in [2.24, 2.45) is 0 Å². The molecule has 1 aromatic carbocycles. The van der Waals surface area contributed by atoms with Crippen LogP contribution in [0.2, 0.25) is 0 Å². The topological polar surface area (TPSA) is 68.2 Å². The summed E-state index contributed by atoms with van der Waals surface area (Å²) in [5.41, 5.74) is 4.42. The molecule has 5 nitrogen and oxygen atoms in total. The Bertz CT molecular complexity index is 834. The van der Waals surface area contributed by atoms with Crippen molar-refractivity contribution in [3.8, 4) is 0 Å². The third-order valence-corrected chi connectivity index (χ3v) is 4.90. The van der Waals surface area contributed by atoms with Gasteiger partial charge in [0.2, 0.25) is 0 Å². The van der Waals surface area contributed by atoms with Gasteiger partial charge in [-0.15, -0.1) is 0 Å². The van der Waals surface area contributed by atoms with Crippen molar-refractivity contribution in [2.45, 2.75) is 39.6 Å². The average molecular weight is 348 g/mol. The van der Waals surface area contributed by atoms with E-state index in [9.17, 15) is 13.2 Å². The number of nitrogens with one attached hydrogen (secondary N) is 1. The lowest BCUT2D eigenvalue weighted by Gasteiger charge is -2.08. The molecule has 0 atom stereocenters. The van der Waals surface area contributed by atoms with Crippen LogP contribution >= 0.6 is 0 Å². The maximum absolute atomic E-state index is 12.4. The molecule has 0 spiro atoms. The summed E-state index contributed by atoms with van der Waals surface area (Å²) in [7, 11) is -3.03. The van der Waals surface area contributed by atoms with E-state index in [1.807, 2.05) is 32.0 Å². The van der Waals surface area contributed by atoms with Crippen molar-refractivity contribution in [1.82, 2.24) is 9.88 Å². The Morgan fingerprint density at radius 1 is 1.12 bits per heavy atom. The first kappa shape index (κ1) is 18.3. The van der Waals surface area contributed by atoms with Gasteiger partial charge in [0.25, 0.3) is 5.91 Å². The fourth-order valence-corrected chi connectivity index (χ4v) is 3.65. The second kappa shape index (κ2) is 7.21. The molecule has 0 aliphatic heterocycles. The van der Waals surface area contributed by atoms with Crippen LogP contribution in [-0.2, 0) is 28.7 Å². The number of amides is 1. The van der Waals surface area contributed by atoms with E-state index < -0.39 is 9.84 Å². The van der Waals surface area contributed by atoms with Crippen molar-refractivity contribution >= 4 is 15.7 Å². The quantitative estimate of drug-likeness (QED) is 0.872. The number of rotatable bonds is 6. The molecule has 1 amide bonds. The van der Waals surface area contributed by atoms with E-state index in [1.165, 1.54) is 6.26 Å². The maximum Gasteiger partial charge on any atom is 0.253 e. The lowest BCUT2D eigenvalue weighted by Crippen LogP contribution is -2.23. The second-order valence-electron chi connectivity index (χ2n) is 6.10. The molecule has 1 aromatic heterocycles. The summed E-state index contributed by atoms with van der Waals surface area (Å²) in [6.45, 7) is 7.25. The van der Waals surface area contributed by atoms with Gasteiger partial charge in [0.1, 0.15) is 0 Å². The summed E-state index contributed by atoms with van der Waals surface area (Å²) in [4.78, 5) is 12.4. The van der Waals surface area contributed by atoms with Crippen LogP contribution in [0.15, 0.2) is 30.3 Å². The minimum atomic E-state index is -3.03. The predicted molar refractivity (Wildman–Crippen MR) is 95.7 cm³/mol. The standard InChI is InChI=1S/C18H24N2O3S/c1-5-20-13(2)10-17(14(20)3)18(21)19-11-15-6-8-16(9-7-15)12-24(4,22)23/h6-10H,5,11-12H2,1-4H3,(H,19,21). The number of carbonyl (C=O) groups excluding carboxylic acids is 1. The van der Waals surface area contributed by atoms with Crippen LogP contribution in [0.3, 0.4) is 0 Å². The van der Waals surface area contributed by atoms with Crippen LogP contribution in [-0.4, -0.2) is 25.1 Å². The van der Waals surface area contributed by atoms with Crippen LogP contribution in [0.4, 0.5) is 0 Å². The number of carbonyl (C=O) groups is 1. The number of benzene rings is 1. The van der Waals surface area contributed by atoms with E-state index in [2.05, 4.69) is 16.8 Å². The molecule has 2 rings (SSSR count). The smallest absolute Gasteiger partial charge is 0.253 e. The first-order valence-corrected chi connectivity index (χ1v) is 9.97. The molecule has 1 heterocycles. The van der Waals surface area contributed by atoms with Gasteiger partial charge in [-0.1, -0.05) is 24.3 Å². The van der Waals surface area contributed by atoms with Gasteiger partial charge in [0.15, 0.2) is 9.84 Å². The largest absolute Gasteiger partial charge is 0.349 e. The number of hydrogen-bond donors (Lipinski definition) is 1. The highest BCUT2D eigenvalue weighted by molar-refractivity contribution is 7.89. The van der Waals surface area contributed by atoms with Crippen LogP contribution < -0.4 is 5.32 Å². The van der Waals surface area contributed by atoms with Crippen molar-refractivity contribution in [3.05, 3.63) is 58.4 Å². The molecule has 0 bridgehead atoms. The third kappa shape index (κ3) is 4.47. The van der Waals surface area contributed by atoms with E-state index in [-0.39, 0.29) is 11.7 Å². The summed E-state index contributed by atoms with van der Waals surface area (Å²) < 4.78 is 24.7. The number of sulfone groups is 1. The van der Waals surface area contributed by atoms with Crippen LogP contribution in [0.5, 0.6) is 0 Å². The zero-order chi connectivity index (χ0) is 17.9. The molecule has 6 heteroatoms. The number of hydrogen-bond acceptors (Lipinski definition) is 3. The fraction of sp³-hybridized carbons (Fsp3) is 0.389. The Labute approximate surface area is 143 Å². The molecule has 0 saturated carbocycles. The molecule has 0 unspecified atom stereocenters. The summed E-state index contributed by atoms with van der Waals surface area (Å²) in [6.07, 6.45) is 1.22. The Hall–Kier alpha value is -2.08. The highest BCUT2D eigenvalue weighted by atomic mass is 32.2. The molecule has 0 radical (unpaired) electrons. The summed E-state index contributed by atoms with van der Waals surface area (Å²) >= 11 is 0. The Morgan fingerprint density at radius 3 is 2.21 bits per heavy atom. The molecule has 24 heavy (non-hydrogen) atoms. The highest BCUT2D eigenvalue weighted by Crippen LogP contribution is 2.15. The van der Waals surface area contributed by atoms with Gasteiger partial charge >= 0.3 is 0 Å². The Morgan fingerprint density at radius 2 is 1.71 bits per heavy atom. The first-order valence-electron chi connectivity index (χ1n) is 7.91. The van der Waals surface area contributed by atoms with Crippen molar-refractivity contribution in [2.75, 3.05) is 6.26 Å². The predicted octanol–water partition coefficient (Wildman–Crippen LogP) is 2.60. The van der Waals surface area contributed by atoms with Gasteiger partial charge in [0, 0.05) is 30.7 Å². The van der Waals surface area contributed by atoms with E-state index in [4.69, 9.17) is 0 Å². The lowest BCUT2D eigenvalue weighted by atomic mass is 10.1.